The molecule has 0 radical (unpaired) electrons. The number of amides is 1. The second kappa shape index (κ2) is 4.95. The van der Waals surface area contributed by atoms with Crippen LogP contribution in [0.25, 0.3) is 0 Å². The zero-order chi connectivity index (χ0) is 10.6. The number of carboxylic acid groups (broad SMARTS) is 1. The van der Waals surface area contributed by atoms with Gasteiger partial charge in [0.1, 0.15) is 0 Å². The molecule has 1 amide bonds. The van der Waals surface area contributed by atoms with E-state index in [1.54, 1.807) is 12.0 Å². The number of carboxylic acids is 1. The lowest BCUT2D eigenvalue weighted by Gasteiger charge is -2.38. The zero-order valence-electron chi connectivity index (χ0n) is 8.23. The Morgan fingerprint density at radius 3 is 2.64 bits per heavy atom. The van der Waals surface area contributed by atoms with E-state index >= 15 is 0 Å². The molecule has 14 heavy (non-hydrogen) atoms. The molecule has 0 aliphatic carbocycles. The maximum atomic E-state index is 11.3. The van der Waals surface area contributed by atoms with E-state index < -0.39 is 5.97 Å². The van der Waals surface area contributed by atoms with Gasteiger partial charge in [-0.05, 0) is 0 Å². The van der Waals surface area contributed by atoms with E-state index in [4.69, 9.17) is 9.84 Å². The van der Waals surface area contributed by atoms with Gasteiger partial charge >= 0.3 is 5.97 Å². The van der Waals surface area contributed by atoms with Crippen LogP contribution in [0.15, 0.2) is 0 Å². The van der Waals surface area contributed by atoms with Gasteiger partial charge in [0.2, 0.25) is 5.91 Å². The third-order valence-corrected chi connectivity index (χ3v) is 2.29. The highest BCUT2D eigenvalue weighted by molar-refractivity contribution is 5.77. The van der Waals surface area contributed by atoms with Gasteiger partial charge in [-0.2, -0.15) is 0 Å². The van der Waals surface area contributed by atoms with Crippen LogP contribution in [0, 0.1) is 5.92 Å². The van der Waals surface area contributed by atoms with Crippen molar-refractivity contribution in [2.75, 3.05) is 26.8 Å². The van der Waals surface area contributed by atoms with E-state index in [1.165, 1.54) is 0 Å². The molecule has 0 aromatic carbocycles. The van der Waals surface area contributed by atoms with Crippen LogP contribution in [0.1, 0.15) is 12.8 Å². The number of aliphatic carboxylic acids is 1. The van der Waals surface area contributed by atoms with Gasteiger partial charge in [-0.25, -0.2) is 0 Å². The molecule has 0 aromatic rings. The van der Waals surface area contributed by atoms with E-state index in [1.807, 2.05) is 0 Å². The Labute approximate surface area is 82.6 Å². The summed E-state index contributed by atoms with van der Waals surface area (Å²) in [6.45, 7) is 1.59. The highest BCUT2D eigenvalue weighted by Gasteiger charge is 2.31. The molecule has 0 unspecified atom stereocenters. The van der Waals surface area contributed by atoms with Crippen LogP contribution in [0.5, 0.6) is 0 Å². The smallest absolute Gasteiger partial charge is 0.303 e. The molecule has 1 fully saturated rings. The Kier molecular flexibility index (Phi) is 3.88. The van der Waals surface area contributed by atoms with Crippen molar-refractivity contribution >= 4 is 11.9 Å². The van der Waals surface area contributed by atoms with Crippen molar-refractivity contribution in [1.82, 2.24) is 4.90 Å². The number of likely N-dealkylation sites (tertiary alicyclic amines) is 1. The second-order valence-electron chi connectivity index (χ2n) is 3.51. The summed E-state index contributed by atoms with van der Waals surface area (Å²) in [4.78, 5) is 23.3. The van der Waals surface area contributed by atoms with Crippen LogP contribution in [0.3, 0.4) is 0 Å². The minimum absolute atomic E-state index is 0.0495. The molecule has 0 spiro atoms. The third-order valence-electron chi connectivity index (χ3n) is 2.29. The molecule has 5 nitrogen and oxygen atoms in total. The predicted molar refractivity (Wildman–Crippen MR) is 48.8 cm³/mol. The first-order chi connectivity index (χ1) is 6.63. The molecular formula is C9H15NO4. The average Bonchev–Trinajstić information content (AvgIpc) is 2.06. The average molecular weight is 201 g/mol. The molecule has 1 N–H and O–H groups in total. The van der Waals surface area contributed by atoms with E-state index in [0.717, 1.165) is 0 Å². The van der Waals surface area contributed by atoms with Gasteiger partial charge < -0.3 is 14.7 Å². The Morgan fingerprint density at radius 1 is 1.50 bits per heavy atom. The normalized spacial score (nSPS) is 16.5. The first kappa shape index (κ1) is 11.0. The highest BCUT2D eigenvalue weighted by Crippen LogP contribution is 2.19. The van der Waals surface area contributed by atoms with Gasteiger partial charge in [0, 0.05) is 26.1 Å². The lowest BCUT2D eigenvalue weighted by atomic mass is 9.96. The van der Waals surface area contributed by atoms with Crippen molar-refractivity contribution in [3.8, 4) is 0 Å². The molecule has 1 aliphatic heterocycles. The molecule has 80 valence electrons. The number of ether oxygens (including phenoxy) is 1. The van der Waals surface area contributed by atoms with Crippen molar-refractivity contribution in [3.05, 3.63) is 0 Å². The molecule has 0 aromatic heterocycles. The quantitative estimate of drug-likeness (QED) is 0.677. The van der Waals surface area contributed by atoms with Gasteiger partial charge in [-0.3, -0.25) is 9.59 Å². The zero-order valence-corrected chi connectivity index (χ0v) is 8.23. The minimum Gasteiger partial charge on any atom is -0.481 e. The van der Waals surface area contributed by atoms with E-state index in [-0.39, 0.29) is 18.2 Å². The minimum atomic E-state index is -0.793. The molecule has 0 atom stereocenters. The fourth-order valence-electron chi connectivity index (χ4n) is 1.50. The van der Waals surface area contributed by atoms with Gasteiger partial charge in [0.15, 0.2) is 0 Å². The first-order valence-corrected chi connectivity index (χ1v) is 4.62. The van der Waals surface area contributed by atoms with Crippen LogP contribution in [-0.2, 0) is 14.3 Å². The molecule has 5 heteroatoms. The Hall–Kier alpha value is -1.10. The number of hydrogen-bond donors (Lipinski definition) is 1. The topological polar surface area (TPSA) is 66.8 Å². The van der Waals surface area contributed by atoms with Crippen LogP contribution < -0.4 is 0 Å². The molecule has 1 heterocycles. The van der Waals surface area contributed by atoms with E-state index in [0.29, 0.717) is 26.1 Å². The van der Waals surface area contributed by atoms with Gasteiger partial charge in [-0.1, -0.05) is 0 Å². The van der Waals surface area contributed by atoms with Gasteiger partial charge in [0.05, 0.1) is 19.4 Å². The Bertz CT molecular complexity index is 223. The monoisotopic (exact) mass is 201 g/mol. The number of hydrogen-bond acceptors (Lipinski definition) is 3. The van der Waals surface area contributed by atoms with Crippen molar-refractivity contribution in [2.45, 2.75) is 12.8 Å². The SMILES string of the molecule is COCCC(=O)N1CC(CC(=O)O)C1. The van der Waals surface area contributed by atoms with E-state index in [2.05, 4.69) is 0 Å². The Balaban J connectivity index is 2.14. The lowest BCUT2D eigenvalue weighted by Crippen LogP contribution is -2.50. The maximum Gasteiger partial charge on any atom is 0.303 e. The lowest BCUT2D eigenvalue weighted by molar-refractivity contribution is -0.145. The summed E-state index contributed by atoms with van der Waals surface area (Å²) in [7, 11) is 1.55. The maximum absolute atomic E-state index is 11.3. The molecule has 1 rings (SSSR count). The number of nitrogens with zero attached hydrogens (tertiary/aromatic N) is 1. The molecule has 0 saturated carbocycles. The van der Waals surface area contributed by atoms with Crippen LogP contribution in [0.4, 0.5) is 0 Å². The molecule has 1 saturated heterocycles. The summed E-state index contributed by atoms with van der Waals surface area (Å²) in [5.41, 5.74) is 0. The fraction of sp³-hybridized carbons (Fsp3) is 0.778. The fourth-order valence-corrected chi connectivity index (χ4v) is 1.50. The van der Waals surface area contributed by atoms with Crippen molar-refractivity contribution in [1.29, 1.82) is 0 Å². The standard InChI is InChI=1S/C9H15NO4/c1-14-3-2-8(11)10-5-7(6-10)4-9(12)13/h7H,2-6H2,1H3,(H,12,13). The highest BCUT2D eigenvalue weighted by atomic mass is 16.5. The summed E-state index contributed by atoms with van der Waals surface area (Å²) >= 11 is 0. The molecular weight excluding hydrogens is 186 g/mol. The summed E-state index contributed by atoms with van der Waals surface area (Å²) in [6.07, 6.45) is 0.546. The van der Waals surface area contributed by atoms with Crippen molar-refractivity contribution in [3.63, 3.8) is 0 Å². The summed E-state index contributed by atoms with van der Waals surface area (Å²) in [5.74, 6) is -0.605. The van der Waals surface area contributed by atoms with Crippen molar-refractivity contribution < 1.29 is 19.4 Å². The van der Waals surface area contributed by atoms with Gasteiger partial charge in [0.25, 0.3) is 0 Å². The second-order valence-corrected chi connectivity index (χ2v) is 3.51. The van der Waals surface area contributed by atoms with Gasteiger partial charge in [-0.15, -0.1) is 0 Å². The van der Waals surface area contributed by atoms with E-state index in [9.17, 15) is 9.59 Å². The molecule has 0 bridgehead atoms. The summed E-state index contributed by atoms with van der Waals surface area (Å²) in [5, 5.41) is 8.49. The summed E-state index contributed by atoms with van der Waals surface area (Å²) < 4.78 is 4.78. The number of carbonyl (C=O) groups is 2. The van der Waals surface area contributed by atoms with Crippen LogP contribution >= 0.6 is 0 Å². The summed E-state index contributed by atoms with van der Waals surface area (Å²) in [6, 6.07) is 0. The number of rotatable bonds is 5. The predicted octanol–water partition coefficient (Wildman–Crippen LogP) is -0.0440. The largest absolute Gasteiger partial charge is 0.481 e. The van der Waals surface area contributed by atoms with Crippen LogP contribution in [0.2, 0.25) is 0 Å². The number of carbonyl (C=O) groups excluding carboxylic acids is 1. The third kappa shape index (κ3) is 2.99. The number of methoxy groups -OCH3 is 1. The first-order valence-electron chi connectivity index (χ1n) is 4.62. The van der Waals surface area contributed by atoms with Crippen molar-refractivity contribution in [2.24, 2.45) is 5.92 Å². The molecule has 1 aliphatic rings. The van der Waals surface area contributed by atoms with Crippen LogP contribution in [-0.4, -0.2) is 48.7 Å². The Morgan fingerprint density at radius 2 is 2.14 bits per heavy atom.